The third-order valence-corrected chi connectivity index (χ3v) is 4.63. The van der Waals surface area contributed by atoms with Crippen LogP contribution < -0.4 is 11.0 Å². The molecule has 0 aliphatic carbocycles. The largest absolute Gasteiger partial charge is 0.290 e. The van der Waals surface area contributed by atoms with Crippen LogP contribution in [0.15, 0.2) is 76.6 Å². The number of H-pyrrole nitrogens is 1. The molecule has 4 rings (SSSR count). The van der Waals surface area contributed by atoms with Crippen LogP contribution in [0.2, 0.25) is 0 Å². The van der Waals surface area contributed by atoms with Crippen molar-refractivity contribution in [2.75, 3.05) is 5.43 Å². The fourth-order valence-electron chi connectivity index (χ4n) is 3.17. The normalized spacial score (nSPS) is 10.9. The predicted octanol–water partition coefficient (Wildman–Crippen LogP) is 4.22. The first-order valence-electron chi connectivity index (χ1n) is 9.04. The van der Waals surface area contributed by atoms with Gasteiger partial charge >= 0.3 is 0 Å². The molecule has 0 fully saturated rings. The minimum absolute atomic E-state index is 0.0318. The number of hydrogen-bond donors (Lipinski definition) is 2. The van der Waals surface area contributed by atoms with Crippen molar-refractivity contribution in [1.82, 2.24) is 9.97 Å². The standard InChI is InChI=1S/C23H17N5O/c1-15-11-12-16-7-5-6-10-18(16)20(15)14-25-28-23-26-21(17-8-3-2-4-9-17)19(13-24)22(29)27-23/h2-12,14H,1H3,(H2,26,27,28,29). The third kappa shape index (κ3) is 3.62. The molecular formula is C23H17N5O. The predicted molar refractivity (Wildman–Crippen MR) is 115 cm³/mol. The Balaban J connectivity index is 1.70. The molecule has 1 heterocycles. The van der Waals surface area contributed by atoms with Crippen LogP contribution in [0.5, 0.6) is 0 Å². The Morgan fingerprint density at radius 3 is 2.62 bits per heavy atom. The van der Waals surface area contributed by atoms with Crippen molar-refractivity contribution in [2.45, 2.75) is 6.92 Å². The number of nitrogens with zero attached hydrogens (tertiary/aromatic N) is 3. The molecular weight excluding hydrogens is 362 g/mol. The summed E-state index contributed by atoms with van der Waals surface area (Å²) in [7, 11) is 0. The smallest absolute Gasteiger partial charge is 0.270 e. The number of aryl methyl sites for hydroxylation is 1. The fraction of sp³-hybridized carbons (Fsp3) is 0.0435. The molecule has 6 heteroatoms. The quantitative estimate of drug-likeness (QED) is 0.410. The second-order valence-corrected chi connectivity index (χ2v) is 6.50. The first-order valence-corrected chi connectivity index (χ1v) is 9.04. The van der Waals surface area contributed by atoms with Crippen LogP contribution in [-0.4, -0.2) is 16.2 Å². The Bertz CT molecular complexity index is 1320. The van der Waals surface area contributed by atoms with Gasteiger partial charge in [0.05, 0.1) is 11.9 Å². The number of nitrogens with one attached hydrogen (secondary N) is 2. The summed E-state index contributed by atoms with van der Waals surface area (Å²) in [5.74, 6) is 0.169. The van der Waals surface area contributed by atoms with Crippen LogP contribution >= 0.6 is 0 Å². The fourth-order valence-corrected chi connectivity index (χ4v) is 3.17. The lowest BCUT2D eigenvalue weighted by molar-refractivity contribution is 1.08. The van der Waals surface area contributed by atoms with Gasteiger partial charge in [0, 0.05) is 11.1 Å². The lowest BCUT2D eigenvalue weighted by Crippen LogP contribution is -2.16. The molecule has 0 spiro atoms. The molecule has 4 aromatic rings. The van der Waals surface area contributed by atoms with E-state index in [0.29, 0.717) is 11.3 Å². The van der Waals surface area contributed by atoms with Gasteiger partial charge in [-0.3, -0.25) is 9.78 Å². The van der Waals surface area contributed by atoms with Crippen LogP contribution in [-0.2, 0) is 0 Å². The van der Waals surface area contributed by atoms with E-state index in [-0.39, 0.29) is 11.5 Å². The zero-order valence-electron chi connectivity index (χ0n) is 15.7. The monoisotopic (exact) mass is 379 g/mol. The topological polar surface area (TPSA) is 93.9 Å². The Hall–Kier alpha value is -4.24. The van der Waals surface area contributed by atoms with Gasteiger partial charge in [-0.15, -0.1) is 0 Å². The summed E-state index contributed by atoms with van der Waals surface area (Å²) in [4.78, 5) is 19.3. The number of aromatic amines is 1. The van der Waals surface area contributed by atoms with Gasteiger partial charge < -0.3 is 0 Å². The molecule has 6 nitrogen and oxygen atoms in total. The van der Waals surface area contributed by atoms with E-state index in [1.807, 2.05) is 61.5 Å². The molecule has 1 aromatic heterocycles. The highest BCUT2D eigenvalue weighted by Crippen LogP contribution is 2.21. The van der Waals surface area contributed by atoms with E-state index in [1.165, 1.54) is 0 Å². The van der Waals surface area contributed by atoms with Crippen molar-refractivity contribution < 1.29 is 0 Å². The summed E-state index contributed by atoms with van der Waals surface area (Å²) in [5, 5.41) is 15.8. The van der Waals surface area contributed by atoms with Gasteiger partial charge in [0.15, 0.2) is 0 Å². The maximum atomic E-state index is 12.3. The summed E-state index contributed by atoms with van der Waals surface area (Å²) in [6, 6.07) is 23.2. The minimum atomic E-state index is -0.514. The molecule has 29 heavy (non-hydrogen) atoms. The van der Waals surface area contributed by atoms with Crippen molar-refractivity contribution in [3.05, 3.63) is 93.8 Å². The van der Waals surface area contributed by atoms with Crippen molar-refractivity contribution in [1.29, 1.82) is 5.26 Å². The minimum Gasteiger partial charge on any atom is -0.290 e. The summed E-state index contributed by atoms with van der Waals surface area (Å²) in [6.45, 7) is 2.02. The number of fused-ring (bicyclic) bond motifs is 1. The summed E-state index contributed by atoms with van der Waals surface area (Å²) in [6.07, 6.45) is 1.71. The second-order valence-electron chi connectivity index (χ2n) is 6.50. The van der Waals surface area contributed by atoms with Crippen LogP contribution in [0, 0.1) is 18.3 Å². The number of hydrogen-bond acceptors (Lipinski definition) is 5. The molecule has 0 saturated carbocycles. The van der Waals surface area contributed by atoms with Gasteiger partial charge in [0.1, 0.15) is 11.6 Å². The SMILES string of the molecule is Cc1ccc2ccccc2c1C=NNc1nc(-c2ccccc2)c(C#N)c(=O)[nH]1. The molecule has 0 unspecified atom stereocenters. The van der Waals surface area contributed by atoms with Crippen molar-refractivity contribution in [2.24, 2.45) is 5.10 Å². The number of nitriles is 1. The molecule has 0 amide bonds. The zero-order valence-corrected chi connectivity index (χ0v) is 15.7. The maximum absolute atomic E-state index is 12.3. The zero-order chi connectivity index (χ0) is 20.2. The van der Waals surface area contributed by atoms with E-state index >= 15 is 0 Å². The first kappa shape index (κ1) is 18.1. The second kappa shape index (κ2) is 7.79. The van der Waals surface area contributed by atoms with E-state index < -0.39 is 5.56 Å². The lowest BCUT2D eigenvalue weighted by atomic mass is 10.0. The maximum Gasteiger partial charge on any atom is 0.270 e. The van der Waals surface area contributed by atoms with E-state index in [2.05, 4.69) is 26.6 Å². The Morgan fingerprint density at radius 1 is 1.07 bits per heavy atom. The van der Waals surface area contributed by atoms with Crippen molar-refractivity contribution in [3.63, 3.8) is 0 Å². The highest BCUT2D eigenvalue weighted by molar-refractivity contribution is 6.01. The molecule has 2 N–H and O–H groups in total. The van der Waals surface area contributed by atoms with E-state index in [9.17, 15) is 10.1 Å². The van der Waals surface area contributed by atoms with Crippen LogP contribution in [0.3, 0.4) is 0 Å². The lowest BCUT2D eigenvalue weighted by Gasteiger charge is -2.07. The van der Waals surface area contributed by atoms with Crippen molar-refractivity contribution >= 4 is 22.9 Å². The van der Waals surface area contributed by atoms with Gasteiger partial charge in [-0.05, 0) is 23.3 Å². The Morgan fingerprint density at radius 2 is 1.83 bits per heavy atom. The molecule has 0 aliphatic heterocycles. The molecule has 140 valence electrons. The number of hydrazone groups is 1. The van der Waals surface area contributed by atoms with E-state index in [4.69, 9.17) is 0 Å². The first-order chi connectivity index (χ1) is 14.2. The van der Waals surface area contributed by atoms with Crippen LogP contribution in [0.25, 0.3) is 22.0 Å². The van der Waals surface area contributed by atoms with E-state index in [0.717, 1.165) is 21.9 Å². The molecule has 0 saturated heterocycles. The molecule has 3 aromatic carbocycles. The van der Waals surface area contributed by atoms with Gasteiger partial charge in [-0.2, -0.15) is 10.4 Å². The van der Waals surface area contributed by atoms with Gasteiger partial charge in [0.2, 0.25) is 5.95 Å². The molecule has 0 radical (unpaired) electrons. The average Bonchev–Trinajstić information content (AvgIpc) is 2.75. The summed E-state index contributed by atoms with van der Waals surface area (Å²) in [5.41, 5.74) is 5.30. The van der Waals surface area contributed by atoms with E-state index in [1.54, 1.807) is 18.3 Å². The molecule has 0 atom stereocenters. The van der Waals surface area contributed by atoms with Gasteiger partial charge in [-0.1, -0.05) is 66.7 Å². The summed E-state index contributed by atoms with van der Waals surface area (Å²) < 4.78 is 0. The number of benzene rings is 3. The summed E-state index contributed by atoms with van der Waals surface area (Å²) >= 11 is 0. The van der Waals surface area contributed by atoms with Gasteiger partial charge in [0.25, 0.3) is 5.56 Å². The number of anilines is 1. The highest BCUT2D eigenvalue weighted by atomic mass is 16.1. The number of rotatable bonds is 4. The Labute approximate surface area is 167 Å². The van der Waals surface area contributed by atoms with Crippen LogP contribution in [0.1, 0.15) is 16.7 Å². The van der Waals surface area contributed by atoms with Crippen LogP contribution in [0.4, 0.5) is 5.95 Å². The third-order valence-electron chi connectivity index (χ3n) is 4.63. The van der Waals surface area contributed by atoms with Crippen molar-refractivity contribution in [3.8, 4) is 17.3 Å². The highest BCUT2D eigenvalue weighted by Gasteiger charge is 2.12. The average molecular weight is 379 g/mol. The molecule has 0 aliphatic rings. The molecule has 0 bridgehead atoms. The Kier molecular flexibility index (Phi) is 4.87. The number of aromatic nitrogens is 2. The van der Waals surface area contributed by atoms with Gasteiger partial charge in [-0.25, -0.2) is 10.4 Å².